The molecule has 0 aliphatic rings. The third kappa shape index (κ3) is 2.70. The number of fused-ring (bicyclic) bond motifs is 1. The number of benzene rings is 2. The van der Waals surface area contributed by atoms with E-state index in [2.05, 4.69) is 10.3 Å². The molecule has 0 fully saturated rings. The van der Waals surface area contributed by atoms with Crippen LogP contribution >= 0.6 is 0 Å². The Morgan fingerprint density at radius 1 is 1.10 bits per heavy atom. The highest BCUT2D eigenvalue weighted by molar-refractivity contribution is 5.84. The standard InChI is InChI=1S/C17H14F2N2/c1-11-7-16(19)17(8-15(11)18)21-10-13-4-2-3-12-9-20-6-5-14(12)13/h2-9,21H,10H2,1H3. The number of hydrogen-bond acceptors (Lipinski definition) is 2. The first kappa shape index (κ1) is 13.5. The molecule has 3 rings (SSSR count). The number of anilines is 1. The first-order valence-corrected chi connectivity index (χ1v) is 6.66. The predicted molar refractivity (Wildman–Crippen MR) is 80.2 cm³/mol. The molecule has 0 aliphatic heterocycles. The van der Waals surface area contributed by atoms with Crippen molar-refractivity contribution in [2.24, 2.45) is 0 Å². The molecule has 3 aromatic rings. The molecule has 0 bridgehead atoms. The quantitative estimate of drug-likeness (QED) is 0.769. The van der Waals surface area contributed by atoms with Crippen LogP contribution in [0.1, 0.15) is 11.1 Å². The molecule has 1 N–H and O–H groups in total. The first-order valence-electron chi connectivity index (χ1n) is 6.66. The monoisotopic (exact) mass is 284 g/mol. The smallest absolute Gasteiger partial charge is 0.146 e. The first-order chi connectivity index (χ1) is 10.1. The fraction of sp³-hybridized carbons (Fsp3) is 0.118. The normalized spacial score (nSPS) is 10.8. The zero-order valence-corrected chi connectivity index (χ0v) is 11.5. The average Bonchev–Trinajstić information content (AvgIpc) is 2.49. The van der Waals surface area contributed by atoms with Crippen molar-refractivity contribution in [1.82, 2.24) is 4.98 Å². The van der Waals surface area contributed by atoms with E-state index < -0.39 is 11.6 Å². The van der Waals surface area contributed by atoms with Crippen molar-refractivity contribution in [3.05, 3.63) is 71.6 Å². The summed E-state index contributed by atoms with van der Waals surface area (Å²) >= 11 is 0. The van der Waals surface area contributed by atoms with Crippen molar-refractivity contribution in [2.75, 3.05) is 5.32 Å². The van der Waals surface area contributed by atoms with Crippen molar-refractivity contribution in [2.45, 2.75) is 13.5 Å². The molecular weight excluding hydrogens is 270 g/mol. The van der Waals surface area contributed by atoms with Crippen molar-refractivity contribution < 1.29 is 8.78 Å². The molecule has 4 heteroatoms. The Labute approximate surface area is 121 Å². The van der Waals surface area contributed by atoms with Gasteiger partial charge in [0.1, 0.15) is 11.6 Å². The van der Waals surface area contributed by atoms with E-state index in [0.29, 0.717) is 12.1 Å². The van der Waals surface area contributed by atoms with Crippen LogP contribution in [0.4, 0.5) is 14.5 Å². The van der Waals surface area contributed by atoms with Crippen LogP contribution in [0.15, 0.2) is 48.8 Å². The van der Waals surface area contributed by atoms with E-state index in [0.717, 1.165) is 16.3 Å². The highest BCUT2D eigenvalue weighted by atomic mass is 19.1. The highest BCUT2D eigenvalue weighted by Gasteiger charge is 2.08. The van der Waals surface area contributed by atoms with E-state index >= 15 is 0 Å². The van der Waals surface area contributed by atoms with E-state index in [1.165, 1.54) is 12.1 Å². The number of hydrogen-bond donors (Lipinski definition) is 1. The Hall–Kier alpha value is -2.49. The summed E-state index contributed by atoms with van der Waals surface area (Å²) < 4.78 is 27.3. The molecule has 0 saturated carbocycles. The van der Waals surface area contributed by atoms with Gasteiger partial charge in [0.2, 0.25) is 0 Å². The molecule has 2 nitrogen and oxygen atoms in total. The number of aryl methyl sites for hydroxylation is 1. The van der Waals surface area contributed by atoms with Gasteiger partial charge in [-0.1, -0.05) is 18.2 Å². The zero-order valence-electron chi connectivity index (χ0n) is 11.5. The Kier molecular flexibility index (Phi) is 3.52. The summed E-state index contributed by atoms with van der Waals surface area (Å²) in [5.41, 5.74) is 1.48. The fourth-order valence-electron chi connectivity index (χ4n) is 2.32. The van der Waals surface area contributed by atoms with Crippen LogP contribution in [0.25, 0.3) is 10.8 Å². The maximum Gasteiger partial charge on any atom is 0.146 e. The molecule has 0 amide bonds. The largest absolute Gasteiger partial charge is 0.378 e. The third-order valence-corrected chi connectivity index (χ3v) is 3.49. The van der Waals surface area contributed by atoms with Crippen LogP contribution in [0, 0.1) is 18.6 Å². The van der Waals surface area contributed by atoms with Crippen LogP contribution in [0.5, 0.6) is 0 Å². The second-order valence-electron chi connectivity index (χ2n) is 4.95. The third-order valence-electron chi connectivity index (χ3n) is 3.49. The summed E-state index contributed by atoms with van der Waals surface area (Å²) in [5, 5.41) is 5.02. The summed E-state index contributed by atoms with van der Waals surface area (Å²) in [6.45, 7) is 1.96. The highest BCUT2D eigenvalue weighted by Crippen LogP contribution is 2.22. The molecule has 2 aromatic carbocycles. The summed E-state index contributed by atoms with van der Waals surface area (Å²) in [4.78, 5) is 4.08. The number of nitrogens with zero attached hydrogens (tertiary/aromatic N) is 1. The minimum Gasteiger partial charge on any atom is -0.378 e. The average molecular weight is 284 g/mol. The zero-order chi connectivity index (χ0) is 14.8. The Morgan fingerprint density at radius 3 is 2.81 bits per heavy atom. The number of pyridine rings is 1. The van der Waals surface area contributed by atoms with E-state index in [-0.39, 0.29) is 5.69 Å². The summed E-state index contributed by atoms with van der Waals surface area (Å²) in [5.74, 6) is -0.864. The van der Waals surface area contributed by atoms with Gasteiger partial charge in [0.25, 0.3) is 0 Å². The summed E-state index contributed by atoms with van der Waals surface area (Å²) in [7, 11) is 0. The number of rotatable bonds is 3. The molecule has 106 valence electrons. The van der Waals surface area contributed by atoms with Gasteiger partial charge in [-0.3, -0.25) is 4.98 Å². The van der Waals surface area contributed by atoms with Gasteiger partial charge in [-0.2, -0.15) is 0 Å². The lowest BCUT2D eigenvalue weighted by Gasteiger charge is -2.11. The van der Waals surface area contributed by atoms with E-state index in [1.807, 2.05) is 24.3 Å². The molecule has 1 heterocycles. The van der Waals surface area contributed by atoms with Crippen LogP contribution in [-0.4, -0.2) is 4.98 Å². The van der Waals surface area contributed by atoms with E-state index in [9.17, 15) is 8.78 Å². The lowest BCUT2D eigenvalue weighted by atomic mass is 10.1. The summed E-state index contributed by atoms with van der Waals surface area (Å²) in [6.07, 6.45) is 3.50. The van der Waals surface area contributed by atoms with Gasteiger partial charge in [-0.25, -0.2) is 8.78 Å². The molecular formula is C17H14F2N2. The van der Waals surface area contributed by atoms with Crippen LogP contribution < -0.4 is 5.32 Å². The van der Waals surface area contributed by atoms with Gasteiger partial charge in [0, 0.05) is 30.4 Å². The lowest BCUT2D eigenvalue weighted by Crippen LogP contribution is -2.03. The lowest BCUT2D eigenvalue weighted by molar-refractivity contribution is 0.594. The Balaban J connectivity index is 1.89. The Bertz CT molecular complexity index is 795. The molecule has 21 heavy (non-hydrogen) atoms. The molecule has 0 radical (unpaired) electrons. The molecule has 0 atom stereocenters. The van der Waals surface area contributed by atoms with Crippen LogP contribution in [-0.2, 0) is 6.54 Å². The topological polar surface area (TPSA) is 24.9 Å². The van der Waals surface area contributed by atoms with E-state index in [1.54, 1.807) is 19.3 Å². The van der Waals surface area contributed by atoms with Gasteiger partial charge < -0.3 is 5.32 Å². The maximum atomic E-state index is 13.8. The number of nitrogens with one attached hydrogen (secondary N) is 1. The van der Waals surface area contributed by atoms with Gasteiger partial charge in [-0.05, 0) is 35.6 Å². The minimum atomic E-state index is -0.448. The molecule has 0 aliphatic carbocycles. The minimum absolute atomic E-state index is 0.171. The molecule has 0 unspecified atom stereocenters. The second-order valence-corrected chi connectivity index (χ2v) is 4.95. The van der Waals surface area contributed by atoms with E-state index in [4.69, 9.17) is 0 Å². The van der Waals surface area contributed by atoms with Gasteiger partial charge in [0.05, 0.1) is 5.69 Å². The van der Waals surface area contributed by atoms with Gasteiger partial charge in [0.15, 0.2) is 0 Å². The maximum absolute atomic E-state index is 13.8. The van der Waals surface area contributed by atoms with Crippen LogP contribution in [0.3, 0.4) is 0 Å². The Morgan fingerprint density at radius 2 is 1.95 bits per heavy atom. The van der Waals surface area contributed by atoms with Crippen LogP contribution in [0.2, 0.25) is 0 Å². The molecule has 1 aromatic heterocycles. The van der Waals surface area contributed by atoms with Crippen molar-refractivity contribution in [3.8, 4) is 0 Å². The summed E-state index contributed by atoms with van der Waals surface area (Å²) in [6, 6.07) is 10.2. The second kappa shape index (κ2) is 5.48. The molecule has 0 saturated heterocycles. The fourth-order valence-corrected chi connectivity index (χ4v) is 2.32. The van der Waals surface area contributed by atoms with Crippen molar-refractivity contribution in [3.63, 3.8) is 0 Å². The number of aromatic nitrogens is 1. The van der Waals surface area contributed by atoms with Gasteiger partial charge in [-0.15, -0.1) is 0 Å². The van der Waals surface area contributed by atoms with Crippen molar-refractivity contribution in [1.29, 1.82) is 0 Å². The molecule has 0 spiro atoms. The van der Waals surface area contributed by atoms with Crippen molar-refractivity contribution >= 4 is 16.5 Å². The SMILES string of the molecule is Cc1cc(F)c(NCc2cccc3cnccc23)cc1F. The van der Waals surface area contributed by atoms with Gasteiger partial charge >= 0.3 is 0 Å². The number of halogens is 2. The predicted octanol–water partition coefficient (Wildman–Crippen LogP) is 4.43.